The van der Waals surface area contributed by atoms with Crippen LogP contribution >= 0.6 is 11.3 Å². The molecule has 1 aromatic carbocycles. The van der Waals surface area contributed by atoms with E-state index in [2.05, 4.69) is 22.1 Å². The van der Waals surface area contributed by atoms with E-state index in [0.717, 1.165) is 49.1 Å². The first kappa shape index (κ1) is 16.1. The van der Waals surface area contributed by atoms with Crippen LogP contribution in [0.1, 0.15) is 26.6 Å². The lowest BCUT2D eigenvalue weighted by atomic mass is 10.1. The summed E-state index contributed by atoms with van der Waals surface area (Å²) in [6, 6.07) is 5.91. The Kier molecular flexibility index (Phi) is 5.05. The van der Waals surface area contributed by atoms with Crippen molar-refractivity contribution in [1.82, 2.24) is 9.88 Å². The number of hydrogen-bond acceptors (Lipinski definition) is 5. The van der Waals surface area contributed by atoms with Crippen molar-refractivity contribution < 1.29 is 9.53 Å². The second kappa shape index (κ2) is 7.21. The number of benzene rings is 1. The van der Waals surface area contributed by atoms with Gasteiger partial charge in [0.25, 0.3) is 5.91 Å². The second-order valence-corrected chi connectivity index (χ2v) is 6.71. The molecule has 0 bridgehead atoms. The lowest BCUT2D eigenvalue weighted by Gasteiger charge is -2.25. The highest BCUT2D eigenvalue weighted by Crippen LogP contribution is 2.17. The average molecular weight is 331 g/mol. The summed E-state index contributed by atoms with van der Waals surface area (Å²) < 4.78 is 5.34. The number of morpholine rings is 1. The highest BCUT2D eigenvalue weighted by Gasteiger charge is 2.15. The van der Waals surface area contributed by atoms with Crippen LogP contribution < -0.4 is 5.32 Å². The van der Waals surface area contributed by atoms with Crippen molar-refractivity contribution in [2.75, 3.05) is 31.6 Å². The van der Waals surface area contributed by atoms with Crippen LogP contribution in [0.4, 0.5) is 5.69 Å². The summed E-state index contributed by atoms with van der Waals surface area (Å²) in [6.07, 6.45) is 0. The minimum absolute atomic E-state index is 0.155. The first-order chi connectivity index (χ1) is 11.1. The second-order valence-electron chi connectivity index (χ2n) is 5.77. The third-order valence-corrected chi connectivity index (χ3v) is 4.85. The number of aryl methyl sites for hydroxylation is 2. The number of hydrogen-bond donors (Lipinski definition) is 1. The van der Waals surface area contributed by atoms with Gasteiger partial charge in [-0.15, -0.1) is 11.3 Å². The summed E-state index contributed by atoms with van der Waals surface area (Å²) >= 11 is 1.53. The van der Waals surface area contributed by atoms with Crippen molar-refractivity contribution in [2.24, 2.45) is 0 Å². The topological polar surface area (TPSA) is 54.5 Å². The maximum absolute atomic E-state index is 12.3. The molecule has 0 radical (unpaired) electrons. The molecule has 0 saturated carbocycles. The van der Waals surface area contributed by atoms with Gasteiger partial charge in [-0.1, -0.05) is 6.07 Å². The van der Waals surface area contributed by atoms with E-state index < -0.39 is 0 Å². The quantitative estimate of drug-likeness (QED) is 0.936. The van der Waals surface area contributed by atoms with Gasteiger partial charge in [0.05, 0.1) is 19.8 Å². The molecule has 1 saturated heterocycles. The van der Waals surface area contributed by atoms with Crippen molar-refractivity contribution in [1.29, 1.82) is 0 Å². The summed E-state index contributed by atoms with van der Waals surface area (Å²) in [5.74, 6) is -0.155. The number of carbonyl (C=O) groups excluding carboxylic acids is 1. The molecule has 3 rings (SSSR count). The van der Waals surface area contributed by atoms with Gasteiger partial charge < -0.3 is 10.1 Å². The normalized spacial score (nSPS) is 15.6. The van der Waals surface area contributed by atoms with Crippen LogP contribution in [0, 0.1) is 13.8 Å². The van der Waals surface area contributed by atoms with E-state index in [-0.39, 0.29) is 5.91 Å². The molecule has 2 aromatic rings. The monoisotopic (exact) mass is 331 g/mol. The molecule has 0 aliphatic carbocycles. The molecule has 0 spiro atoms. The maximum atomic E-state index is 12.3. The number of ether oxygens (including phenoxy) is 1. The van der Waals surface area contributed by atoms with Gasteiger partial charge in [-0.25, -0.2) is 4.98 Å². The van der Waals surface area contributed by atoms with Crippen molar-refractivity contribution in [3.63, 3.8) is 0 Å². The molecule has 23 heavy (non-hydrogen) atoms. The molecular weight excluding hydrogens is 310 g/mol. The van der Waals surface area contributed by atoms with Crippen molar-refractivity contribution >= 4 is 22.9 Å². The molecule has 1 aromatic heterocycles. The van der Waals surface area contributed by atoms with Crippen LogP contribution in [0.25, 0.3) is 0 Å². The maximum Gasteiger partial charge on any atom is 0.275 e. The highest BCUT2D eigenvalue weighted by atomic mass is 32.1. The Labute approximate surface area is 140 Å². The van der Waals surface area contributed by atoms with E-state index in [1.54, 1.807) is 0 Å². The van der Waals surface area contributed by atoms with Gasteiger partial charge in [0.1, 0.15) is 10.7 Å². The van der Waals surface area contributed by atoms with E-state index >= 15 is 0 Å². The third-order valence-electron chi connectivity index (χ3n) is 4.01. The first-order valence-corrected chi connectivity index (χ1v) is 8.63. The van der Waals surface area contributed by atoms with Gasteiger partial charge >= 0.3 is 0 Å². The number of carbonyl (C=O) groups is 1. The van der Waals surface area contributed by atoms with Gasteiger partial charge in [-0.05, 0) is 37.1 Å². The van der Waals surface area contributed by atoms with E-state index in [1.165, 1.54) is 16.9 Å². The van der Waals surface area contributed by atoms with Crippen LogP contribution in [0.5, 0.6) is 0 Å². The van der Waals surface area contributed by atoms with E-state index in [1.807, 2.05) is 30.5 Å². The van der Waals surface area contributed by atoms with Crippen LogP contribution in [-0.4, -0.2) is 42.1 Å². The first-order valence-electron chi connectivity index (χ1n) is 7.75. The van der Waals surface area contributed by atoms with Crippen LogP contribution in [0.15, 0.2) is 23.6 Å². The molecule has 0 atom stereocenters. The predicted octanol–water partition coefficient (Wildman–Crippen LogP) is 2.84. The Bertz CT molecular complexity index is 693. The number of thiazole rings is 1. The van der Waals surface area contributed by atoms with E-state index in [9.17, 15) is 4.79 Å². The zero-order chi connectivity index (χ0) is 16.2. The van der Waals surface area contributed by atoms with Crippen molar-refractivity contribution in [3.05, 3.63) is 45.4 Å². The summed E-state index contributed by atoms with van der Waals surface area (Å²) in [5, 5.41) is 5.71. The summed E-state index contributed by atoms with van der Waals surface area (Å²) in [4.78, 5) is 19.1. The molecule has 1 amide bonds. The molecule has 1 N–H and O–H groups in total. The van der Waals surface area contributed by atoms with E-state index in [4.69, 9.17) is 4.74 Å². The van der Waals surface area contributed by atoms with Crippen LogP contribution in [0.2, 0.25) is 0 Å². The fourth-order valence-corrected chi connectivity index (χ4v) is 3.27. The van der Waals surface area contributed by atoms with E-state index in [0.29, 0.717) is 5.69 Å². The molecule has 1 aliphatic heterocycles. The Morgan fingerprint density at radius 1 is 1.30 bits per heavy atom. The zero-order valence-corrected chi connectivity index (χ0v) is 14.3. The lowest BCUT2D eigenvalue weighted by molar-refractivity contribution is 0.0341. The standard InChI is InChI=1S/C17H21N3O2S/c1-12-3-4-14(9-13(12)2)18-17(21)15-11-23-16(19-15)10-20-5-7-22-8-6-20/h3-4,9,11H,5-8,10H2,1-2H3,(H,18,21). The number of rotatable bonds is 4. The molecule has 6 heteroatoms. The molecule has 122 valence electrons. The SMILES string of the molecule is Cc1ccc(NC(=O)c2csc(CN3CCOCC3)n2)cc1C. The van der Waals surface area contributed by atoms with Crippen LogP contribution in [-0.2, 0) is 11.3 Å². The average Bonchev–Trinajstić information content (AvgIpc) is 3.00. The number of anilines is 1. The number of amides is 1. The number of nitrogens with zero attached hydrogens (tertiary/aromatic N) is 2. The van der Waals surface area contributed by atoms with Gasteiger partial charge in [0.2, 0.25) is 0 Å². The van der Waals surface area contributed by atoms with Gasteiger partial charge in [-0.2, -0.15) is 0 Å². The Hall–Kier alpha value is -1.76. The Morgan fingerprint density at radius 2 is 2.09 bits per heavy atom. The molecule has 1 aliphatic rings. The molecule has 2 heterocycles. The van der Waals surface area contributed by atoms with Gasteiger partial charge in [0.15, 0.2) is 0 Å². The number of nitrogens with one attached hydrogen (secondary N) is 1. The van der Waals surface area contributed by atoms with Gasteiger partial charge in [-0.3, -0.25) is 9.69 Å². The zero-order valence-electron chi connectivity index (χ0n) is 13.5. The lowest BCUT2D eigenvalue weighted by Crippen LogP contribution is -2.35. The smallest absolute Gasteiger partial charge is 0.275 e. The Balaban J connectivity index is 1.62. The van der Waals surface area contributed by atoms with Gasteiger partial charge in [0, 0.05) is 24.2 Å². The Morgan fingerprint density at radius 3 is 2.83 bits per heavy atom. The highest BCUT2D eigenvalue weighted by molar-refractivity contribution is 7.09. The molecule has 0 unspecified atom stereocenters. The van der Waals surface area contributed by atoms with Crippen LogP contribution in [0.3, 0.4) is 0 Å². The summed E-state index contributed by atoms with van der Waals surface area (Å²) in [6.45, 7) is 8.25. The molecule has 1 fully saturated rings. The minimum atomic E-state index is -0.155. The predicted molar refractivity (Wildman–Crippen MR) is 92.1 cm³/mol. The third kappa shape index (κ3) is 4.16. The fourth-order valence-electron chi connectivity index (χ4n) is 2.45. The van der Waals surface area contributed by atoms with Crippen molar-refractivity contribution in [2.45, 2.75) is 20.4 Å². The molecule has 5 nitrogen and oxygen atoms in total. The minimum Gasteiger partial charge on any atom is -0.379 e. The largest absolute Gasteiger partial charge is 0.379 e. The summed E-state index contributed by atoms with van der Waals surface area (Å²) in [5.41, 5.74) is 3.66. The fraction of sp³-hybridized carbons (Fsp3) is 0.412. The van der Waals surface area contributed by atoms with Crippen molar-refractivity contribution in [3.8, 4) is 0 Å². The molecular formula is C17H21N3O2S. The summed E-state index contributed by atoms with van der Waals surface area (Å²) in [7, 11) is 0. The number of aromatic nitrogens is 1.